The topological polar surface area (TPSA) is 69.4 Å². The van der Waals surface area contributed by atoms with Gasteiger partial charge in [0.05, 0.1) is 6.26 Å². The lowest BCUT2D eigenvalue weighted by molar-refractivity contribution is 0.452. The van der Waals surface area contributed by atoms with Gasteiger partial charge in [0.2, 0.25) is 10.0 Å². The van der Waals surface area contributed by atoms with Crippen LogP contribution in [-0.4, -0.2) is 8.42 Å². The molecule has 0 bridgehead atoms. The molecule has 2 aromatic carbocycles. The number of nitrogens with two attached hydrogens (primary N) is 1. The van der Waals surface area contributed by atoms with Gasteiger partial charge >= 0.3 is 0 Å². The van der Waals surface area contributed by atoms with E-state index in [0.717, 1.165) is 11.3 Å². The van der Waals surface area contributed by atoms with E-state index in [1.165, 1.54) is 6.26 Å². The summed E-state index contributed by atoms with van der Waals surface area (Å²) < 4.78 is 29.6. The molecule has 1 heterocycles. The molecule has 21 heavy (non-hydrogen) atoms. The van der Waals surface area contributed by atoms with E-state index in [1.54, 1.807) is 24.3 Å². The Kier molecular flexibility index (Phi) is 3.53. The summed E-state index contributed by atoms with van der Waals surface area (Å²) in [4.78, 5) is 0. The smallest absolute Gasteiger partial charge is 0.220 e. The Morgan fingerprint density at radius 2 is 1.67 bits per heavy atom. The molecule has 0 spiro atoms. The number of primary sulfonamides is 1. The van der Waals surface area contributed by atoms with Crippen LogP contribution < -0.4 is 9.88 Å². The first-order valence-electron chi connectivity index (χ1n) is 6.56. The number of sulfonamides is 1. The van der Waals surface area contributed by atoms with Gasteiger partial charge in [-0.15, -0.1) is 0 Å². The van der Waals surface area contributed by atoms with Gasteiger partial charge in [0, 0.05) is 6.42 Å². The second-order valence-electron chi connectivity index (χ2n) is 4.97. The molecule has 0 aliphatic carbocycles. The number of rotatable bonds is 3. The zero-order valence-electron chi connectivity index (χ0n) is 11.3. The van der Waals surface area contributed by atoms with Gasteiger partial charge in [-0.1, -0.05) is 48.5 Å². The first kappa shape index (κ1) is 13.9. The minimum Gasteiger partial charge on any atom is -0.465 e. The molecular formula is C16H15NO3S. The standard InChI is InChI=1S/C16H15NO3S/c17-21(18,19)16(12-6-2-1-3-7-12)14-10-13-8-4-5-9-15(13)20-11-14/h1-9,11,16H,10H2,(H2,17,18,19). The second kappa shape index (κ2) is 5.35. The lowest BCUT2D eigenvalue weighted by Crippen LogP contribution is -2.25. The largest absolute Gasteiger partial charge is 0.465 e. The van der Waals surface area contributed by atoms with E-state index in [0.29, 0.717) is 17.6 Å². The SMILES string of the molecule is NS(=O)(=O)C(C1=COc2ccccc2C1)c1ccccc1. The number of fused-ring (bicyclic) bond motifs is 1. The van der Waals surface area contributed by atoms with E-state index in [4.69, 9.17) is 9.88 Å². The summed E-state index contributed by atoms with van der Waals surface area (Å²) in [5, 5.41) is 4.56. The van der Waals surface area contributed by atoms with Crippen LogP contribution in [0.3, 0.4) is 0 Å². The van der Waals surface area contributed by atoms with Crippen LogP contribution in [0, 0.1) is 0 Å². The van der Waals surface area contributed by atoms with Gasteiger partial charge in [-0.2, -0.15) is 0 Å². The molecule has 1 aliphatic heterocycles. The number of para-hydroxylation sites is 1. The molecule has 108 valence electrons. The van der Waals surface area contributed by atoms with E-state index in [1.807, 2.05) is 30.3 Å². The molecule has 2 N–H and O–H groups in total. The Morgan fingerprint density at radius 3 is 2.38 bits per heavy atom. The normalized spacial score (nSPS) is 15.6. The van der Waals surface area contributed by atoms with Crippen LogP contribution in [-0.2, 0) is 16.4 Å². The average Bonchev–Trinajstić information content (AvgIpc) is 2.47. The minimum absolute atomic E-state index is 0.506. The summed E-state index contributed by atoms with van der Waals surface area (Å²) in [7, 11) is -3.77. The quantitative estimate of drug-likeness (QED) is 0.947. The average molecular weight is 301 g/mol. The van der Waals surface area contributed by atoms with E-state index in [-0.39, 0.29) is 0 Å². The first-order valence-corrected chi connectivity index (χ1v) is 8.17. The minimum atomic E-state index is -3.77. The van der Waals surface area contributed by atoms with Crippen molar-refractivity contribution in [1.82, 2.24) is 0 Å². The zero-order chi connectivity index (χ0) is 14.9. The van der Waals surface area contributed by atoms with E-state index in [9.17, 15) is 8.42 Å². The number of benzene rings is 2. The molecule has 5 heteroatoms. The monoisotopic (exact) mass is 301 g/mol. The van der Waals surface area contributed by atoms with Crippen LogP contribution in [0.2, 0.25) is 0 Å². The highest BCUT2D eigenvalue weighted by Gasteiger charge is 2.30. The fourth-order valence-electron chi connectivity index (χ4n) is 2.56. The van der Waals surface area contributed by atoms with E-state index >= 15 is 0 Å². The molecule has 0 aromatic heterocycles. The predicted octanol–water partition coefficient (Wildman–Crippen LogP) is 2.54. The Labute approximate surface area is 123 Å². The third-order valence-corrected chi connectivity index (χ3v) is 4.70. The van der Waals surface area contributed by atoms with Gasteiger partial charge < -0.3 is 4.74 Å². The maximum absolute atomic E-state index is 12.0. The fourth-order valence-corrected chi connectivity index (χ4v) is 3.66. The van der Waals surface area contributed by atoms with Crippen molar-refractivity contribution in [2.45, 2.75) is 11.7 Å². The molecule has 0 amide bonds. The van der Waals surface area contributed by atoms with Gasteiger partial charge in [0.25, 0.3) is 0 Å². The Balaban J connectivity index is 2.02. The Bertz CT molecular complexity index is 782. The third-order valence-electron chi connectivity index (χ3n) is 3.47. The fraction of sp³-hybridized carbons (Fsp3) is 0.125. The van der Waals surface area contributed by atoms with Crippen LogP contribution in [0.15, 0.2) is 66.4 Å². The van der Waals surface area contributed by atoms with Crippen molar-refractivity contribution in [3.05, 3.63) is 77.6 Å². The van der Waals surface area contributed by atoms with Crippen molar-refractivity contribution >= 4 is 10.0 Å². The molecule has 3 rings (SSSR count). The van der Waals surface area contributed by atoms with Crippen molar-refractivity contribution < 1.29 is 13.2 Å². The molecule has 1 aliphatic rings. The molecule has 1 unspecified atom stereocenters. The van der Waals surface area contributed by atoms with E-state index < -0.39 is 15.3 Å². The summed E-state index contributed by atoms with van der Waals surface area (Å²) in [6, 6.07) is 16.5. The Morgan fingerprint density at radius 1 is 1.00 bits per heavy atom. The van der Waals surface area contributed by atoms with Crippen molar-refractivity contribution in [2.75, 3.05) is 0 Å². The number of ether oxygens (including phenoxy) is 1. The van der Waals surface area contributed by atoms with Crippen molar-refractivity contribution in [1.29, 1.82) is 0 Å². The molecule has 4 nitrogen and oxygen atoms in total. The second-order valence-corrected chi connectivity index (χ2v) is 6.62. The highest BCUT2D eigenvalue weighted by atomic mass is 32.2. The van der Waals surface area contributed by atoms with Crippen molar-refractivity contribution in [2.24, 2.45) is 5.14 Å². The maximum Gasteiger partial charge on any atom is 0.220 e. The first-order chi connectivity index (χ1) is 10.1. The highest BCUT2D eigenvalue weighted by Crippen LogP contribution is 2.35. The maximum atomic E-state index is 12.0. The van der Waals surface area contributed by atoms with Gasteiger partial charge in [0.15, 0.2) is 0 Å². The van der Waals surface area contributed by atoms with Crippen LogP contribution in [0.1, 0.15) is 16.4 Å². The molecule has 2 aromatic rings. The third kappa shape index (κ3) is 2.84. The summed E-state index contributed by atoms with van der Waals surface area (Å²) in [6.07, 6.45) is 2.01. The van der Waals surface area contributed by atoms with Gasteiger partial charge in [-0.3, -0.25) is 0 Å². The lowest BCUT2D eigenvalue weighted by atomic mass is 9.97. The van der Waals surface area contributed by atoms with Crippen molar-refractivity contribution in [3.8, 4) is 5.75 Å². The van der Waals surface area contributed by atoms with Crippen molar-refractivity contribution in [3.63, 3.8) is 0 Å². The van der Waals surface area contributed by atoms with Gasteiger partial charge in [-0.25, -0.2) is 13.6 Å². The molecule has 0 saturated carbocycles. The molecule has 0 fully saturated rings. The number of hydrogen-bond donors (Lipinski definition) is 1. The number of hydrogen-bond acceptors (Lipinski definition) is 3. The lowest BCUT2D eigenvalue weighted by Gasteiger charge is -2.23. The van der Waals surface area contributed by atoms with Crippen LogP contribution in [0.25, 0.3) is 0 Å². The molecule has 1 atom stereocenters. The predicted molar refractivity (Wildman–Crippen MR) is 81.1 cm³/mol. The summed E-state index contributed by atoms with van der Waals surface area (Å²) in [5.41, 5.74) is 2.25. The Hall–Kier alpha value is -2.11. The van der Waals surface area contributed by atoms with Crippen LogP contribution >= 0.6 is 0 Å². The molecule has 0 radical (unpaired) electrons. The van der Waals surface area contributed by atoms with E-state index in [2.05, 4.69) is 0 Å². The highest BCUT2D eigenvalue weighted by molar-refractivity contribution is 7.89. The molecular weight excluding hydrogens is 286 g/mol. The van der Waals surface area contributed by atoms with Crippen LogP contribution in [0.4, 0.5) is 0 Å². The summed E-state index contributed by atoms with van der Waals surface area (Å²) in [5.74, 6) is 0.752. The van der Waals surface area contributed by atoms with Gasteiger partial charge in [-0.05, 0) is 22.8 Å². The zero-order valence-corrected chi connectivity index (χ0v) is 12.1. The summed E-state index contributed by atoms with van der Waals surface area (Å²) in [6.45, 7) is 0. The van der Waals surface area contributed by atoms with Crippen LogP contribution in [0.5, 0.6) is 5.75 Å². The summed E-state index contributed by atoms with van der Waals surface area (Å²) >= 11 is 0. The van der Waals surface area contributed by atoms with Gasteiger partial charge in [0.1, 0.15) is 11.0 Å². The molecule has 0 saturated heterocycles.